The average molecular weight is 559 g/mol. The van der Waals surface area contributed by atoms with Crippen LogP contribution in [0.2, 0.25) is 0 Å². The molecule has 2 unspecified atom stereocenters. The zero-order chi connectivity index (χ0) is 22.5. The van der Waals surface area contributed by atoms with Gasteiger partial charge in [0, 0.05) is 26.0 Å². The van der Waals surface area contributed by atoms with E-state index in [1.807, 2.05) is 0 Å². The van der Waals surface area contributed by atoms with Crippen molar-refractivity contribution in [2.45, 2.75) is 38.0 Å². The Morgan fingerprint density at radius 3 is 1.79 bits per heavy atom. The second kappa shape index (κ2) is 8.45. The van der Waals surface area contributed by atoms with E-state index < -0.39 is 0 Å². The van der Waals surface area contributed by atoms with Gasteiger partial charge in [-0.2, -0.15) is 0 Å². The molecule has 1 saturated carbocycles. The molecule has 0 amide bonds. The highest BCUT2D eigenvalue weighted by atomic mass is 79.9. The third kappa shape index (κ3) is 3.86. The lowest BCUT2D eigenvalue weighted by molar-refractivity contribution is 0.718. The Hall–Kier alpha value is -2.36. The van der Waals surface area contributed by atoms with Gasteiger partial charge >= 0.3 is 0 Å². The number of halogens is 2. The number of nitrogens with zero attached hydrogens (tertiary/aromatic N) is 1. The van der Waals surface area contributed by atoms with E-state index in [-0.39, 0.29) is 0 Å². The Morgan fingerprint density at radius 2 is 1.18 bits per heavy atom. The SMILES string of the molecule is Cc1cc(-c2ccc3c(c2)C2CCC3C2)ccc1N(c1ccc(Br)cc1)c1ccc(Br)cc1. The number of aryl methyl sites for hydroxylation is 1. The molecule has 0 aromatic heterocycles. The second-order valence-electron chi connectivity index (χ2n) is 9.34. The van der Waals surface area contributed by atoms with Crippen LogP contribution in [0.5, 0.6) is 0 Å². The number of anilines is 3. The minimum Gasteiger partial charge on any atom is -0.310 e. The predicted molar refractivity (Wildman–Crippen MR) is 146 cm³/mol. The Balaban J connectivity index is 1.41. The summed E-state index contributed by atoms with van der Waals surface area (Å²) in [6.07, 6.45) is 4.12. The van der Waals surface area contributed by atoms with Gasteiger partial charge < -0.3 is 4.90 Å². The summed E-state index contributed by atoms with van der Waals surface area (Å²) < 4.78 is 2.17. The summed E-state index contributed by atoms with van der Waals surface area (Å²) in [7, 11) is 0. The molecule has 1 fully saturated rings. The van der Waals surface area contributed by atoms with Gasteiger partial charge in [-0.1, -0.05) is 56.1 Å². The van der Waals surface area contributed by atoms with Crippen LogP contribution in [0, 0.1) is 6.92 Å². The molecule has 0 heterocycles. The third-order valence-corrected chi connectivity index (χ3v) is 8.40. The van der Waals surface area contributed by atoms with Crippen molar-refractivity contribution in [2.24, 2.45) is 0 Å². The highest BCUT2D eigenvalue weighted by Crippen LogP contribution is 2.53. The molecule has 4 aromatic rings. The van der Waals surface area contributed by atoms with Crippen LogP contribution in [0.4, 0.5) is 17.1 Å². The molecule has 4 aromatic carbocycles. The first-order valence-electron chi connectivity index (χ1n) is 11.6. The summed E-state index contributed by atoms with van der Waals surface area (Å²) in [6, 6.07) is 31.1. The Bertz CT molecular complexity index is 1280. The second-order valence-corrected chi connectivity index (χ2v) is 11.2. The van der Waals surface area contributed by atoms with Crippen molar-refractivity contribution in [2.75, 3.05) is 4.90 Å². The van der Waals surface area contributed by atoms with E-state index >= 15 is 0 Å². The summed E-state index contributed by atoms with van der Waals surface area (Å²) in [5.41, 5.74) is 10.6. The molecule has 2 aliphatic rings. The highest BCUT2D eigenvalue weighted by Gasteiger charge is 2.36. The maximum Gasteiger partial charge on any atom is 0.0491 e. The number of fused-ring (bicyclic) bond motifs is 5. The van der Waals surface area contributed by atoms with Crippen LogP contribution in [-0.2, 0) is 0 Å². The monoisotopic (exact) mass is 557 g/mol. The molecule has 33 heavy (non-hydrogen) atoms. The molecule has 3 heteroatoms. The van der Waals surface area contributed by atoms with E-state index in [2.05, 4.69) is 129 Å². The van der Waals surface area contributed by atoms with Gasteiger partial charge in [-0.05, 0) is 127 Å². The van der Waals surface area contributed by atoms with E-state index in [0.717, 1.165) is 32.2 Å². The van der Waals surface area contributed by atoms with Crippen LogP contribution in [0.25, 0.3) is 11.1 Å². The first kappa shape index (κ1) is 21.2. The summed E-state index contributed by atoms with van der Waals surface area (Å²) in [5, 5.41) is 0. The molecule has 2 atom stereocenters. The standard InChI is InChI=1S/C30H25Br2N/c1-19-16-20(21-4-14-28-22-2-3-23(17-22)29(28)18-21)5-15-30(19)33(26-10-6-24(31)7-11-26)27-12-8-25(32)9-13-27/h4-16,18,22-23H,2-3,17H2,1H3. The van der Waals surface area contributed by atoms with Crippen molar-refractivity contribution in [1.29, 1.82) is 0 Å². The van der Waals surface area contributed by atoms with E-state index in [9.17, 15) is 0 Å². The van der Waals surface area contributed by atoms with Crippen LogP contribution < -0.4 is 4.90 Å². The quantitative estimate of drug-likeness (QED) is 0.241. The van der Waals surface area contributed by atoms with Gasteiger partial charge in [-0.25, -0.2) is 0 Å². The first-order valence-corrected chi connectivity index (χ1v) is 13.2. The Kier molecular flexibility index (Phi) is 5.43. The molecular formula is C30H25Br2N. The molecule has 2 bridgehead atoms. The van der Waals surface area contributed by atoms with Gasteiger partial charge in [0.2, 0.25) is 0 Å². The first-order chi connectivity index (χ1) is 16.1. The lowest BCUT2D eigenvalue weighted by Gasteiger charge is -2.27. The normalized spacial score (nSPS) is 18.4. The van der Waals surface area contributed by atoms with Gasteiger partial charge in [0.25, 0.3) is 0 Å². The van der Waals surface area contributed by atoms with Crippen LogP contribution in [0.1, 0.15) is 47.8 Å². The van der Waals surface area contributed by atoms with Crippen molar-refractivity contribution >= 4 is 48.9 Å². The summed E-state index contributed by atoms with van der Waals surface area (Å²) >= 11 is 7.15. The van der Waals surface area contributed by atoms with Crippen molar-refractivity contribution in [1.82, 2.24) is 0 Å². The largest absolute Gasteiger partial charge is 0.310 e. The summed E-state index contributed by atoms with van der Waals surface area (Å²) in [5.74, 6) is 1.60. The molecular weight excluding hydrogens is 534 g/mol. The van der Waals surface area contributed by atoms with Gasteiger partial charge in [0.1, 0.15) is 0 Å². The molecule has 164 valence electrons. The smallest absolute Gasteiger partial charge is 0.0491 e. The topological polar surface area (TPSA) is 3.24 Å². The van der Waals surface area contributed by atoms with Gasteiger partial charge in [-0.15, -0.1) is 0 Å². The fourth-order valence-corrected chi connectivity index (χ4v) is 6.25. The fourth-order valence-electron chi connectivity index (χ4n) is 5.72. The average Bonchev–Trinajstić information content (AvgIpc) is 3.45. The minimum atomic E-state index is 0.788. The maximum absolute atomic E-state index is 3.57. The lowest BCUT2D eigenvalue weighted by atomic mass is 9.89. The third-order valence-electron chi connectivity index (χ3n) is 7.34. The zero-order valence-corrected chi connectivity index (χ0v) is 21.7. The Labute approximate surface area is 212 Å². The molecule has 0 spiro atoms. The van der Waals surface area contributed by atoms with E-state index in [1.54, 1.807) is 11.1 Å². The minimum absolute atomic E-state index is 0.788. The van der Waals surface area contributed by atoms with Crippen LogP contribution in [0.15, 0.2) is 93.9 Å². The molecule has 0 aliphatic heterocycles. The summed E-state index contributed by atoms with van der Waals surface area (Å²) in [6.45, 7) is 2.22. The predicted octanol–water partition coefficient (Wildman–Crippen LogP) is 10.0. The van der Waals surface area contributed by atoms with Crippen molar-refractivity contribution in [3.8, 4) is 11.1 Å². The van der Waals surface area contributed by atoms with Crippen molar-refractivity contribution < 1.29 is 0 Å². The summed E-state index contributed by atoms with van der Waals surface area (Å²) in [4.78, 5) is 2.33. The molecule has 2 aliphatic carbocycles. The highest BCUT2D eigenvalue weighted by molar-refractivity contribution is 9.10. The van der Waals surface area contributed by atoms with Gasteiger partial charge in [-0.3, -0.25) is 0 Å². The van der Waals surface area contributed by atoms with E-state index in [4.69, 9.17) is 0 Å². The van der Waals surface area contributed by atoms with Crippen molar-refractivity contribution in [3.05, 3.63) is 111 Å². The number of benzene rings is 4. The zero-order valence-electron chi connectivity index (χ0n) is 18.6. The van der Waals surface area contributed by atoms with E-state index in [1.165, 1.54) is 41.6 Å². The fraction of sp³-hybridized carbons (Fsp3) is 0.200. The molecule has 0 radical (unpaired) electrons. The van der Waals surface area contributed by atoms with Crippen molar-refractivity contribution in [3.63, 3.8) is 0 Å². The molecule has 6 rings (SSSR count). The van der Waals surface area contributed by atoms with Crippen LogP contribution in [-0.4, -0.2) is 0 Å². The lowest BCUT2D eigenvalue weighted by Crippen LogP contribution is -2.11. The number of rotatable bonds is 4. The number of hydrogen-bond donors (Lipinski definition) is 0. The molecule has 1 nitrogen and oxygen atoms in total. The van der Waals surface area contributed by atoms with E-state index in [0.29, 0.717) is 0 Å². The van der Waals surface area contributed by atoms with Gasteiger partial charge in [0.15, 0.2) is 0 Å². The molecule has 0 N–H and O–H groups in total. The van der Waals surface area contributed by atoms with Crippen LogP contribution in [0.3, 0.4) is 0 Å². The molecule has 0 saturated heterocycles. The maximum atomic E-state index is 3.57. The van der Waals surface area contributed by atoms with Crippen LogP contribution >= 0.6 is 31.9 Å². The van der Waals surface area contributed by atoms with Gasteiger partial charge in [0.05, 0.1) is 0 Å². The number of hydrogen-bond acceptors (Lipinski definition) is 1. The Morgan fingerprint density at radius 1 is 0.636 bits per heavy atom.